The van der Waals surface area contributed by atoms with Gasteiger partial charge in [0.05, 0.1) is 11.1 Å². The van der Waals surface area contributed by atoms with Crippen LogP contribution in [-0.4, -0.2) is 23.3 Å². The molecule has 0 N–H and O–H groups in total. The molecule has 2 aliphatic rings. The summed E-state index contributed by atoms with van der Waals surface area (Å²) in [6, 6.07) is 7.14. The zero-order valence-corrected chi connectivity index (χ0v) is 14.6. The molecule has 3 rings (SSSR count). The number of hydrogen-bond acceptors (Lipinski definition) is 2. The largest absolute Gasteiger partial charge is 0.274 e. The summed E-state index contributed by atoms with van der Waals surface area (Å²) in [5, 5.41) is 0. The van der Waals surface area contributed by atoms with Gasteiger partial charge in [0, 0.05) is 6.54 Å². The molecule has 130 valence electrons. The molecular weight excluding hydrogens is 298 g/mol. The first-order chi connectivity index (χ1) is 11.8. The number of nitrogens with zero attached hydrogens (tertiary/aromatic N) is 1. The van der Waals surface area contributed by atoms with Gasteiger partial charge in [-0.05, 0) is 24.5 Å². The van der Waals surface area contributed by atoms with Crippen LogP contribution in [0.15, 0.2) is 24.3 Å². The highest BCUT2D eigenvalue weighted by atomic mass is 16.2. The molecule has 3 heteroatoms. The van der Waals surface area contributed by atoms with Crippen LogP contribution in [0, 0.1) is 5.92 Å². The number of fused-ring (bicyclic) bond motifs is 1. The molecule has 1 aromatic rings. The fourth-order valence-electron chi connectivity index (χ4n) is 4.15. The summed E-state index contributed by atoms with van der Waals surface area (Å²) in [6.45, 7) is 0.564. The third kappa shape index (κ3) is 4.06. The smallest absolute Gasteiger partial charge is 0.261 e. The summed E-state index contributed by atoms with van der Waals surface area (Å²) in [5.74, 6) is 0.748. The van der Waals surface area contributed by atoms with Crippen LogP contribution in [0.3, 0.4) is 0 Å². The fraction of sp³-hybridized carbons (Fsp3) is 0.619. The first-order valence-corrected chi connectivity index (χ1v) is 9.72. The van der Waals surface area contributed by atoms with Gasteiger partial charge < -0.3 is 0 Å². The Morgan fingerprint density at radius 3 is 2.04 bits per heavy atom. The van der Waals surface area contributed by atoms with Gasteiger partial charge in [0.1, 0.15) is 0 Å². The maximum atomic E-state index is 12.3. The maximum absolute atomic E-state index is 12.3. The van der Waals surface area contributed by atoms with Crippen LogP contribution in [0.25, 0.3) is 0 Å². The van der Waals surface area contributed by atoms with E-state index in [0.29, 0.717) is 17.7 Å². The van der Waals surface area contributed by atoms with Gasteiger partial charge in [0.15, 0.2) is 0 Å². The van der Waals surface area contributed by atoms with Crippen molar-refractivity contribution in [2.24, 2.45) is 5.92 Å². The van der Waals surface area contributed by atoms with E-state index in [9.17, 15) is 9.59 Å². The van der Waals surface area contributed by atoms with Crippen LogP contribution in [0.4, 0.5) is 0 Å². The van der Waals surface area contributed by atoms with Gasteiger partial charge in [0.2, 0.25) is 0 Å². The second-order valence-electron chi connectivity index (χ2n) is 7.37. The number of benzene rings is 1. The minimum atomic E-state index is -0.118. The monoisotopic (exact) mass is 327 g/mol. The average Bonchev–Trinajstić information content (AvgIpc) is 2.87. The molecule has 0 saturated heterocycles. The van der Waals surface area contributed by atoms with Crippen molar-refractivity contribution in [1.29, 1.82) is 0 Å². The summed E-state index contributed by atoms with van der Waals surface area (Å²) in [4.78, 5) is 25.9. The van der Waals surface area contributed by atoms with Crippen molar-refractivity contribution in [2.75, 3.05) is 6.54 Å². The van der Waals surface area contributed by atoms with Crippen molar-refractivity contribution in [2.45, 2.75) is 70.6 Å². The predicted molar refractivity (Wildman–Crippen MR) is 96.1 cm³/mol. The van der Waals surface area contributed by atoms with Gasteiger partial charge in [-0.2, -0.15) is 0 Å². The van der Waals surface area contributed by atoms with E-state index in [1.165, 1.54) is 62.7 Å². The van der Waals surface area contributed by atoms with Gasteiger partial charge in [-0.1, -0.05) is 76.3 Å². The Bertz CT molecular complexity index is 540. The third-order valence-electron chi connectivity index (χ3n) is 5.60. The summed E-state index contributed by atoms with van der Waals surface area (Å²) >= 11 is 0. The van der Waals surface area contributed by atoms with E-state index in [4.69, 9.17) is 0 Å². The van der Waals surface area contributed by atoms with Crippen molar-refractivity contribution in [1.82, 2.24) is 4.90 Å². The van der Waals surface area contributed by atoms with Crippen molar-refractivity contribution in [3.05, 3.63) is 35.4 Å². The summed E-state index contributed by atoms with van der Waals surface area (Å²) in [7, 11) is 0. The summed E-state index contributed by atoms with van der Waals surface area (Å²) < 4.78 is 0. The van der Waals surface area contributed by atoms with Crippen LogP contribution in [0.2, 0.25) is 0 Å². The molecule has 1 saturated carbocycles. The SMILES string of the molecule is O=C1c2ccccc2C(=O)N1CCCCCCCC1CCCCC1. The number of carbonyl (C=O) groups is 2. The lowest BCUT2D eigenvalue weighted by molar-refractivity contribution is 0.0651. The van der Waals surface area contributed by atoms with E-state index in [-0.39, 0.29) is 11.8 Å². The van der Waals surface area contributed by atoms with Gasteiger partial charge in [0.25, 0.3) is 11.8 Å². The number of unbranched alkanes of at least 4 members (excludes halogenated alkanes) is 4. The standard InChI is InChI=1S/C21H29NO2/c23-20-18-14-8-9-15-19(18)21(24)22(20)16-10-3-1-2-5-11-17-12-6-4-7-13-17/h8-9,14-15,17H,1-7,10-13,16H2. The topological polar surface area (TPSA) is 37.4 Å². The predicted octanol–water partition coefficient (Wildman–Crippen LogP) is 5.20. The van der Waals surface area contributed by atoms with Crippen LogP contribution < -0.4 is 0 Å². The Balaban J connectivity index is 1.30. The molecule has 0 unspecified atom stereocenters. The molecular formula is C21H29NO2. The highest BCUT2D eigenvalue weighted by Gasteiger charge is 2.34. The zero-order valence-electron chi connectivity index (χ0n) is 14.6. The molecule has 0 aromatic heterocycles. The highest BCUT2D eigenvalue weighted by molar-refractivity contribution is 6.21. The number of amides is 2. The minimum absolute atomic E-state index is 0.118. The first-order valence-electron chi connectivity index (χ1n) is 9.72. The molecule has 1 aromatic carbocycles. The van der Waals surface area contributed by atoms with Crippen LogP contribution >= 0.6 is 0 Å². The molecule has 2 amide bonds. The van der Waals surface area contributed by atoms with Crippen molar-refractivity contribution in [3.63, 3.8) is 0 Å². The molecule has 0 radical (unpaired) electrons. The lowest BCUT2D eigenvalue weighted by Crippen LogP contribution is -2.30. The molecule has 1 aliphatic heterocycles. The average molecular weight is 327 g/mol. The van der Waals surface area contributed by atoms with E-state index < -0.39 is 0 Å². The van der Waals surface area contributed by atoms with Crippen LogP contribution in [0.1, 0.15) is 91.3 Å². The van der Waals surface area contributed by atoms with Crippen molar-refractivity contribution >= 4 is 11.8 Å². The fourth-order valence-corrected chi connectivity index (χ4v) is 4.15. The van der Waals surface area contributed by atoms with Crippen LogP contribution in [-0.2, 0) is 0 Å². The lowest BCUT2D eigenvalue weighted by Gasteiger charge is -2.21. The number of imide groups is 1. The Kier molecular flexibility index (Phi) is 6.06. The van der Waals surface area contributed by atoms with E-state index in [1.807, 2.05) is 12.1 Å². The number of carbonyl (C=O) groups excluding carboxylic acids is 2. The quantitative estimate of drug-likeness (QED) is 0.486. The first kappa shape index (κ1) is 17.2. The second-order valence-corrected chi connectivity index (χ2v) is 7.37. The molecule has 0 bridgehead atoms. The number of hydrogen-bond donors (Lipinski definition) is 0. The zero-order chi connectivity index (χ0) is 16.8. The molecule has 0 atom stereocenters. The normalized spacial score (nSPS) is 18.2. The Morgan fingerprint density at radius 2 is 1.38 bits per heavy atom. The van der Waals surface area contributed by atoms with Gasteiger partial charge >= 0.3 is 0 Å². The van der Waals surface area contributed by atoms with Gasteiger partial charge in [-0.3, -0.25) is 14.5 Å². The van der Waals surface area contributed by atoms with Gasteiger partial charge in [-0.25, -0.2) is 0 Å². The Labute approximate surface area is 145 Å². The molecule has 1 heterocycles. The van der Waals surface area contributed by atoms with Crippen molar-refractivity contribution in [3.8, 4) is 0 Å². The van der Waals surface area contributed by atoms with E-state index >= 15 is 0 Å². The molecule has 0 spiro atoms. The Hall–Kier alpha value is -1.64. The third-order valence-corrected chi connectivity index (χ3v) is 5.60. The molecule has 1 aliphatic carbocycles. The van der Waals surface area contributed by atoms with E-state index in [2.05, 4.69) is 0 Å². The van der Waals surface area contributed by atoms with Gasteiger partial charge in [-0.15, -0.1) is 0 Å². The lowest BCUT2D eigenvalue weighted by atomic mass is 9.85. The maximum Gasteiger partial charge on any atom is 0.261 e. The highest BCUT2D eigenvalue weighted by Crippen LogP contribution is 2.28. The molecule has 1 fully saturated rings. The van der Waals surface area contributed by atoms with E-state index in [0.717, 1.165) is 18.8 Å². The van der Waals surface area contributed by atoms with E-state index in [1.54, 1.807) is 12.1 Å². The second kappa shape index (κ2) is 8.46. The molecule has 24 heavy (non-hydrogen) atoms. The number of rotatable bonds is 8. The molecule has 3 nitrogen and oxygen atoms in total. The minimum Gasteiger partial charge on any atom is -0.274 e. The Morgan fingerprint density at radius 1 is 0.792 bits per heavy atom. The summed E-state index contributed by atoms with van der Waals surface area (Å²) in [6.07, 6.45) is 14.5. The van der Waals surface area contributed by atoms with Crippen LogP contribution in [0.5, 0.6) is 0 Å². The summed E-state index contributed by atoms with van der Waals surface area (Å²) in [5.41, 5.74) is 1.13. The van der Waals surface area contributed by atoms with Crippen molar-refractivity contribution < 1.29 is 9.59 Å².